The molecule has 0 saturated carbocycles. The molecule has 11 heteroatoms. The normalized spacial score (nSPS) is 16.2. The molecule has 1 amide bonds. The first-order chi connectivity index (χ1) is 16.8. The van der Waals surface area contributed by atoms with E-state index < -0.39 is 30.5 Å². The molecule has 0 radical (unpaired) electrons. The van der Waals surface area contributed by atoms with E-state index in [0.29, 0.717) is 16.2 Å². The molecule has 2 aromatic carbocycles. The van der Waals surface area contributed by atoms with Gasteiger partial charge in [0.25, 0.3) is 5.91 Å². The molecule has 5 rings (SSSR count). The summed E-state index contributed by atoms with van der Waals surface area (Å²) in [6.07, 6.45) is 0.243. The Kier molecular flexibility index (Phi) is 5.75. The smallest absolute Gasteiger partial charge is 0.301 e. The minimum absolute atomic E-state index is 0.0728. The zero-order valence-electron chi connectivity index (χ0n) is 18.2. The topological polar surface area (TPSA) is 76.8 Å². The number of halogens is 4. The van der Waals surface area contributed by atoms with Crippen LogP contribution in [0.25, 0.3) is 22.4 Å². The van der Waals surface area contributed by atoms with Gasteiger partial charge in [0.1, 0.15) is 24.1 Å². The minimum Gasteiger partial charge on any atom is -0.301 e. The quantitative estimate of drug-likeness (QED) is 0.397. The average molecular weight is 482 g/mol. The maximum Gasteiger partial charge on any atom is 0.406 e. The third kappa shape index (κ3) is 4.61. The number of aromatic nitrogens is 5. The number of alkyl halides is 3. The van der Waals surface area contributed by atoms with Gasteiger partial charge in [0.05, 0.1) is 24.3 Å². The zero-order valence-corrected chi connectivity index (χ0v) is 18.2. The molecule has 0 fully saturated rings. The Hall–Kier alpha value is -4.15. The molecule has 1 atom stereocenters. The van der Waals surface area contributed by atoms with Crippen molar-refractivity contribution in [3.63, 3.8) is 0 Å². The highest BCUT2D eigenvalue weighted by atomic mass is 19.4. The number of hydrogen-bond acceptors (Lipinski definition) is 5. The van der Waals surface area contributed by atoms with Gasteiger partial charge in [-0.2, -0.15) is 23.4 Å². The number of nitrogens with zero attached hydrogens (tertiary/aromatic N) is 6. The van der Waals surface area contributed by atoms with Crippen LogP contribution in [0, 0.1) is 5.82 Å². The number of carbonyl (C=O) groups is 1. The molecule has 0 N–H and O–H groups in total. The van der Waals surface area contributed by atoms with E-state index in [2.05, 4.69) is 20.5 Å². The fourth-order valence-corrected chi connectivity index (χ4v) is 4.19. The molecule has 0 aliphatic carbocycles. The molecule has 1 aliphatic rings. The highest BCUT2D eigenvalue weighted by Crippen LogP contribution is 2.35. The second kappa shape index (κ2) is 8.90. The molecule has 0 saturated heterocycles. The summed E-state index contributed by atoms with van der Waals surface area (Å²) in [5.74, 6) is -1.46. The second-order valence-corrected chi connectivity index (χ2v) is 8.12. The monoisotopic (exact) mass is 482 g/mol. The molecule has 0 unspecified atom stereocenters. The van der Waals surface area contributed by atoms with Gasteiger partial charge in [0.15, 0.2) is 0 Å². The Labute approximate surface area is 197 Å². The van der Waals surface area contributed by atoms with E-state index in [0.717, 1.165) is 11.1 Å². The van der Waals surface area contributed by atoms with Gasteiger partial charge in [-0.05, 0) is 36.6 Å². The molecule has 4 aromatic rings. The van der Waals surface area contributed by atoms with Crippen LogP contribution in [0.1, 0.15) is 18.0 Å². The summed E-state index contributed by atoms with van der Waals surface area (Å²) in [6, 6.07) is 11.9. The van der Waals surface area contributed by atoms with Gasteiger partial charge in [-0.15, -0.1) is 5.10 Å². The van der Waals surface area contributed by atoms with Crippen LogP contribution in [0.4, 0.5) is 23.2 Å². The van der Waals surface area contributed by atoms with Crippen LogP contribution in [0.5, 0.6) is 0 Å². The van der Waals surface area contributed by atoms with Crippen molar-refractivity contribution in [1.29, 1.82) is 0 Å². The fourth-order valence-electron chi connectivity index (χ4n) is 4.19. The van der Waals surface area contributed by atoms with E-state index in [1.165, 1.54) is 29.1 Å². The summed E-state index contributed by atoms with van der Waals surface area (Å²) in [5.41, 5.74) is 2.97. The first kappa shape index (κ1) is 22.6. The lowest BCUT2D eigenvalue weighted by atomic mass is 10.0. The number of fused-ring (bicyclic) bond motifs is 1. The lowest BCUT2D eigenvalue weighted by Crippen LogP contribution is -2.42. The lowest BCUT2D eigenvalue weighted by Gasteiger charge is -2.26. The average Bonchev–Trinajstić information content (AvgIpc) is 3.28. The molecule has 35 heavy (non-hydrogen) atoms. The molecule has 0 bridgehead atoms. The number of benzene rings is 2. The van der Waals surface area contributed by atoms with Gasteiger partial charge in [-0.3, -0.25) is 4.79 Å². The summed E-state index contributed by atoms with van der Waals surface area (Å²) in [6.45, 7) is -1.52. The van der Waals surface area contributed by atoms with Gasteiger partial charge >= 0.3 is 6.18 Å². The molecule has 1 aliphatic heterocycles. The Balaban J connectivity index is 1.44. The molecule has 0 spiro atoms. The van der Waals surface area contributed by atoms with Crippen LogP contribution in [-0.2, 0) is 11.2 Å². The third-order valence-corrected chi connectivity index (χ3v) is 5.87. The molecule has 2 aromatic heterocycles. The highest BCUT2D eigenvalue weighted by molar-refractivity contribution is 5.97. The third-order valence-electron chi connectivity index (χ3n) is 5.87. The van der Waals surface area contributed by atoms with E-state index in [1.807, 2.05) is 30.3 Å². The largest absolute Gasteiger partial charge is 0.406 e. The summed E-state index contributed by atoms with van der Waals surface area (Å²) < 4.78 is 55.7. The number of carbonyl (C=O) groups excluding carboxylic acids is 1. The Morgan fingerprint density at radius 2 is 1.74 bits per heavy atom. The molecule has 7 nitrogen and oxygen atoms in total. The molecular formula is C24H18F4N6O. The van der Waals surface area contributed by atoms with Crippen LogP contribution in [0.2, 0.25) is 0 Å². The predicted molar refractivity (Wildman–Crippen MR) is 119 cm³/mol. The van der Waals surface area contributed by atoms with Crippen molar-refractivity contribution < 1.29 is 22.4 Å². The van der Waals surface area contributed by atoms with Crippen molar-refractivity contribution in [2.45, 2.75) is 25.1 Å². The molecule has 3 heterocycles. The molecule has 178 valence electrons. The van der Waals surface area contributed by atoms with Crippen molar-refractivity contribution >= 4 is 11.6 Å². The number of anilines is 1. The van der Waals surface area contributed by atoms with Crippen molar-refractivity contribution in [3.05, 3.63) is 78.5 Å². The van der Waals surface area contributed by atoms with Crippen LogP contribution in [0.3, 0.4) is 0 Å². The Morgan fingerprint density at radius 3 is 2.46 bits per heavy atom. The SMILES string of the molecule is O=C1[C@@H](n2cc(-c3ccc(-c4ccnnc4)cc3)nn2)CCc2c(F)cccc2N1CC(F)(F)F. The van der Waals surface area contributed by atoms with Crippen LogP contribution in [-0.4, -0.2) is 43.8 Å². The van der Waals surface area contributed by atoms with Crippen LogP contribution in [0.15, 0.2) is 67.1 Å². The van der Waals surface area contributed by atoms with Crippen LogP contribution >= 0.6 is 0 Å². The summed E-state index contributed by atoms with van der Waals surface area (Å²) in [5, 5.41) is 15.8. The first-order valence-electron chi connectivity index (χ1n) is 10.7. The van der Waals surface area contributed by atoms with Crippen molar-refractivity contribution in [1.82, 2.24) is 25.2 Å². The van der Waals surface area contributed by atoms with E-state index in [-0.39, 0.29) is 24.1 Å². The summed E-state index contributed by atoms with van der Waals surface area (Å²) >= 11 is 0. The van der Waals surface area contributed by atoms with Crippen LogP contribution < -0.4 is 4.90 Å². The van der Waals surface area contributed by atoms with Gasteiger partial charge < -0.3 is 4.90 Å². The molecular weight excluding hydrogens is 464 g/mol. The maximum atomic E-state index is 14.4. The Morgan fingerprint density at radius 1 is 0.971 bits per heavy atom. The number of rotatable bonds is 4. The van der Waals surface area contributed by atoms with Gasteiger partial charge in [0.2, 0.25) is 0 Å². The predicted octanol–water partition coefficient (Wildman–Crippen LogP) is 4.62. The van der Waals surface area contributed by atoms with Crippen molar-refractivity contribution in [3.8, 4) is 22.4 Å². The van der Waals surface area contributed by atoms with Crippen molar-refractivity contribution in [2.75, 3.05) is 11.4 Å². The maximum absolute atomic E-state index is 14.4. The zero-order chi connectivity index (χ0) is 24.6. The summed E-state index contributed by atoms with van der Waals surface area (Å²) in [4.78, 5) is 13.8. The van der Waals surface area contributed by atoms with Gasteiger partial charge in [-0.1, -0.05) is 35.5 Å². The first-order valence-corrected chi connectivity index (χ1v) is 10.7. The van der Waals surface area contributed by atoms with E-state index in [1.54, 1.807) is 12.4 Å². The van der Waals surface area contributed by atoms with Gasteiger partial charge in [0, 0.05) is 16.7 Å². The minimum atomic E-state index is -4.66. The van der Waals surface area contributed by atoms with E-state index in [4.69, 9.17) is 0 Å². The second-order valence-electron chi connectivity index (χ2n) is 8.12. The fraction of sp³-hybridized carbons (Fsp3) is 0.208. The number of amides is 1. The Bertz CT molecular complexity index is 1350. The van der Waals surface area contributed by atoms with E-state index >= 15 is 0 Å². The number of hydrogen-bond donors (Lipinski definition) is 0. The summed E-state index contributed by atoms with van der Waals surface area (Å²) in [7, 11) is 0. The van der Waals surface area contributed by atoms with Crippen molar-refractivity contribution in [2.24, 2.45) is 0 Å². The van der Waals surface area contributed by atoms with E-state index in [9.17, 15) is 22.4 Å². The highest BCUT2D eigenvalue weighted by Gasteiger charge is 2.40. The lowest BCUT2D eigenvalue weighted by molar-refractivity contribution is -0.134. The van der Waals surface area contributed by atoms with Gasteiger partial charge in [-0.25, -0.2) is 9.07 Å². The standard InChI is InChI=1S/C24H18F4N6O/c25-19-2-1-3-21-18(19)8-9-22(23(35)33(21)14-24(26,27)28)34-13-20(31-32-34)16-6-4-15(5-7-16)17-10-11-29-30-12-17/h1-7,10-13,22H,8-9,14H2/t22-/m0/s1.